The van der Waals surface area contributed by atoms with Crippen LogP contribution in [0, 0.1) is 5.82 Å². The highest BCUT2D eigenvalue weighted by Crippen LogP contribution is 2.29. The molecular formula is C17H13ClFN3O3S. The number of ether oxygens (including phenoxy) is 1. The van der Waals surface area contributed by atoms with Crippen molar-refractivity contribution in [1.82, 2.24) is 15.0 Å². The van der Waals surface area contributed by atoms with Crippen LogP contribution in [0.3, 0.4) is 0 Å². The van der Waals surface area contributed by atoms with Gasteiger partial charge in [-0.25, -0.2) is 4.39 Å². The maximum atomic E-state index is 14.4. The lowest BCUT2D eigenvalue weighted by Crippen LogP contribution is -2.23. The molecule has 0 spiro atoms. The van der Waals surface area contributed by atoms with Gasteiger partial charge in [-0.3, -0.25) is 9.59 Å². The number of carbonyl (C=O) groups excluding carboxylic acids is 1. The number of benzene rings is 2. The molecule has 1 aromatic heterocycles. The third kappa shape index (κ3) is 3.71. The topological polar surface area (TPSA) is 74.1 Å². The molecule has 0 radical (unpaired) electrons. The molecule has 0 aliphatic rings. The van der Waals surface area contributed by atoms with Crippen molar-refractivity contribution in [2.75, 3.05) is 12.4 Å². The summed E-state index contributed by atoms with van der Waals surface area (Å²) >= 11 is 7.08. The van der Waals surface area contributed by atoms with E-state index < -0.39 is 11.4 Å². The van der Waals surface area contributed by atoms with Gasteiger partial charge < -0.3 is 4.74 Å². The number of hydrogen-bond acceptors (Lipinski definition) is 6. The Balaban J connectivity index is 2.03. The Morgan fingerprint density at radius 2 is 2.12 bits per heavy atom. The first-order chi connectivity index (χ1) is 12.5. The molecule has 0 saturated heterocycles. The van der Waals surface area contributed by atoms with Gasteiger partial charge in [-0.2, -0.15) is 4.68 Å². The molecule has 0 saturated carbocycles. The Bertz CT molecular complexity index is 1040. The molecule has 0 atom stereocenters. The minimum Gasteiger partial charge on any atom is -0.483 e. The van der Waals surface area contributed by atoms with E-state index in [1.807, 2.05) is 6.92 Å². The maximum Gasteiger partial charge on any atom is 0.282 e. The van der Waals surface area contributed by atoms with Crippen LogP contribution in [0.5, 0.6) is 5.75 Å². The van der Waals surface area contributed by atoms with Crippen LogP contribution >= 0.6 is 23.4 Å². The standard InChI is InChI=1S/C17H13ClFN3O3S/c1-2-26-16(23)9-25-15-8-14(12(19)7-11(15)18)22-17(24)10-5-3-4-6-13(10)20-21-22/h3-8H,2,9H2,1H3. The molecule has 9 heteroatoms. The Morgan fingerprint density at radius 3 is 2.88 bits per heavy atom. The summed E-state index contributed by atoms with van der Waals surface area (Å²) in [6, 6.07) is 8.85. The van der Waals surface area contributed by atoms with Crippen LogP contribution in [-0.4, -0.2) is 32.5 Å². The minimum absolute atomic E-state index is 0.0117. The Labute approximate surface area is 156 Å². The monoisotopic (exact) mass is 393 g/mol. The molecule has 0 bridgehead atoms. The van der Waals surface area contributed by atoms with Gasteiger partial charge in [-0.15, -0.1) is 5.10 Å². The van der Waals surface area contributed by atoms with E-state index in [4.69, 9.17) is 16.3 Å². The van der Waals surface area contributed by atoms with Crippen LogP contribution in [0.25, 0.3) is 16.6 Å². The zero-order valence-corrected chi connectivity index (χ0v) is 15.2. The van der Waals surface area contributed by atoms with Crippen molar-refractivity contribution in [3.05, 3.63) is 57.6 Å². The van der Waals surface area contributed by atoms with Gasteiger partial charge in [-0.05, 0) is 24.0 Å². The van der Waals surface area contributed by atoms with E-state index in [9.17, 15) is 14.0 Å². The molecule has 0 fully saturated rings. The fourth-order valence-electron chi connectivity index (χ4n) is 2.28. The lowest BCUT2D eigenvalue weighted by molar-refractivity contribution is -0.112. The molecule has 6 nitrogen and oxygen atoms in total. The SMILES string of the molecule is CCSC(=O)COc1cc(-n2nnc3ccccc3c2=O)c(F)cc1Cl. The summed E-state index contributed by atoms with van der Waals surface area (Å²) in [6.07, 6.45) is 0. The molecule has 0 aliphatic heterocycles. The average molecular weight is 394 g/mol. The number of hydrogen-bond donors (Lipinski definition) is 0. The summed E-state index contributed by atoms with van der Waals surface area (Å²) in [5.41, 5.74) is -0.287. The zero-order chi connectivity index (χ0) is 18.7. The van der Waals surface area contributed by atoms with Gasteiger partial charge in [0.15, 0.2) is 12.4 Å². The van der Waals surface area contributed by atoms with Gasteiger partial charge in [0.1, 0.15) is 17.0 Å². The second-order valence-electron chi connectivity index (χ2n) is 5.15. The summed E-state index contributed by atoms with van der Waals surface area (Å²) in [4.78, 5) is 24.2. The number of fused-ring (bicyclic) bond motifs is 1. The van der Waals surface area contributed by atoms with Crippen molar-refractivity contribution in [3.8, 4) is 11.4 Å². The third-order valence-electron chi connectivity index (χ3n) is 3.45. The summed E-state index contributed by atoms with van der Waals surface area (Å²) in [6.45, 7) is 1.62. The van der Waals surface area contributed by atoms with Crippen LogP contribution in [0.15, 0.2) is 41.2 Å². The first-order valence-corrected chi connectivity index (χ1v) is 9.00. The Kier molecular flexibility index (Phi) is 5.53. The fourth-order valence-corrected chi connectivity index (χ4v) is 2.95. The number of halogens is 2. The van der Waals surface area contributed by atoms with Crippen LogP contribution in [0.4, 0.5) is 4.39 Å². The highest BCUT2D eigenvalue weighted by Gasteiger charge is 2.16. The highest BCUT2D eigenvalue weighted by molar-refractivity contribution is 8.13. The maximum absolute atomic E-state index is 14.4. The number of nitrogens with zero attached hydrogens (tertiary/aromatic N) is 3. The molecule has 0 unspecified atom stereocenters. The van der Waals surface area contributed by atoms with E-state index >= 15 is 0 Å². The van der Waals surface area contributed by atoms with Gasteiger partial charge >= 0.3 is 0 Å². The quantitative estimate of drug-likeness (QED) is 0.662. The van der Waals surface area contributed by atoms with Crippen molar-refractivity contribution in [2.24, 2.45) is 0 Å². The molecule has 1 heterocycles. The lowest BCUT2D eigenvalue weighted by Gasteiger charge is -2.11. The van der Waals surface area contributed by atoms with E-state index in [1.165, 1.54) is 6.07 Å². The average Bonchev–Trinajstić information content (AvgIpc) is 2.62. The molecular weight excluding hydrogens is 381 g/mol. The van der Waals surface area contributed by atoms with Crippen molar-refractivity contribution in [1.29, 1.82) is 0 Å². The van der Waals surface area contributed by atoms with E-state index in [1.54, 1.807) is 24.3 Å². The number of aromatic nitrogens is 3. The molecule has 2 aromatic carbocycles. The van der Waals surface area contributed by atoms with Crippen LogP contribution < -0.4 is 10.3 Å². The predicted octanol–water partition coefficient (Wildman–Crippen LogP) is 3.23. The van der Waals surface area contributed by atoms with Crippen molar-refractivity contribution in [2.45, 2.75) is 6.92 Å². The summed E-state index contributed by atoms with van der Waals surface area (Å²) in [7, 11) is 0. The fraction of sp³-hybridized carbons (Fsp3) is 0.176. The second kappa shape index (κ2) is 7.84. The molecule has 0 amide bonds. The van der Waals surface area contributed by atoms with Crippen LogP contribution in [0.1, 0.15) is 6.92 Å². The number of thioether (sulfide) groups is 1. The van der Waals surface area contributed by atoms with Gasteiger partial charge in [0, 0.05) is 6.07 Å². The summed E-state index contributed by atoms with van der Waals surface area (Å²) < 4.78 is 20.6. The summed E-state index contributed by atoms with van der Waals surface area (Å²) in [5, 5.41) is 7.81. The molecule has 3 rings (SSSR count). The Hall–Kier alpha value is -2.45. The third-order valence-corrected chi connectivity index (χ3v) is 4.47. The number of carbonyl (C=O) groups is 1. The molecule has 26 heavy (non-hydrogen) atoms. The summed E-state index contributed by atoms with van der Waals surface area (Å²) in [5.74, 6) is -0.0644. The van der Waals surface area contributed by atoms with E-state index in [2.05, 4.69) is 10.3 Å². The van der Waals surface area contributed by atoms with E-state index in [-0.39, 0.29) is 28.2 Å². The van der Waals surface area contributed by atoms with Crippen molar-refractivity contribution in [3.63, 3.8) is 0 Å². The first kappa shape index (κ1) is 18.3. The minimum atomic E-state index is -0.761. The largest absolute Gasteiger partial charge is 0.483 e. The molecule has 134 valence electrons. The lowest BCUT2D eigenvalue weighted by atomic mass is 10.2. The smallest absolute Gasteiger partial charge is 0.282 e. The van der Waals surface area contributed by atoms with Gasteiger partial charge in [0.2, 0.25) is 5.12 Å². The van der Waals surface area contributed by atoms with Crippen LogP contribution in [0.2, 0.25) is 5.02 Å². The molecule has 3 aromatic rings. The van der Waals surface area contributed by atoms with Crippen molar-refractivity contribution < 1.29 is 13.9 Å². The molecule has 0 aliphatic carbocycles. The Morgan fingerprint density at radius 1 is 1.35 bits per heavy atom. The second-order valence-corrected chi connectivity index (χ2v) is 6.88. The first-order valence-electron chi connectivity index (χ1n) is 7.64. The van der Waals surface area contributed by atoms with Gasteiger partial charge in [0.25, 0.3) is 5.56 Å². The zero-order valence-electron chi connectivity index (χ0n) is 13.6. The number of rotatable bonds is 5. The van der Waals surface area contributed by atoms with Gasteiger partial charge in [0.05, 0.1) is 10.4 Å². The molecule has 0 N–H and O–H groups in total. The normalized spacial score (nSPS) is 10.9. The van der Waals surface area contributed by atoms with E-state index in [0.29, 0.717) is 16.7 Å². The predicted molar refractivity (Wildman–Crippen MR) is 98.7 cm³/mol. The van der Waals surface area contributed by atoms with Crippen molar-refractivity contribution >= 4 is 39.4 Å². The highest BCUT2D eigenvalue weighted by atomic mass is 35.5. The van der Waals surface area contributed by atoms with Gasteiger partial charge in [-0.1, -0.05) is 47.6 Å². The van der Waals surface area contributed by atoms with E-state index in [0.717, 1.165) is 22.5 Å². The van der Waals surface area contributed by atoms with Crippen LogP contribution in [-0.2, 0) is 4.79 Å².